The zero-order valence-corrected chi connectivity index (χ0v) is 14.5. The van der Waals surface area contributed by atoms with Crippen molar-refractivity contribution in [2.75, 3.05) is 20.2 Å². The molecule has 136 valence electrons. The first-order valence-electron chi connectivity index (χ1n) is 8.39. The van der Waals surface area contributed by atoms with E-state index in [4.69, 9.17) is 4.74 Å². The molecule has 1 aliphatic heterocycles. The highest BCUT2D eigenvalue weighted by molar-refractivity contribution is 5.95. The molecule has 2 amide bonds. The predicted octanol–water partition coefficient (Wildman–Crippen LogP) is 2.32. The van der Waals surface area contributed by atoms with Gasteiger partial charge in [-0.1, -0.05) is 12.1 Å². The number of nitrogens with one attached hydrogen (secondary N) is 1. The first-order chi connectivity index (χ1) is 12.6. The molecule has 0 radical (unpaired) electrons. The summed E-state index contributed by atoms with van der Waals surface area (Å²) >= 11 is 0. The minimum absolute atomic E-state index is 0.211. The lowest BCUT2D eigenvalue weighted by Gasteiger charge is -2.28. The van der Waals surface area contributed by atoms with Gasteiger partial charge in [-0.15, -0.1) is 0 Å². The van der Waals surface area contributed by atoms with Gasteiger partial charge in [0.1, 0.15) is 5.82 Å². The average Bonchev–Trinajstić information content (AvgIpc) is 2.66. The van der Waals surface area contributed by atoms with E-state index in [1.807, 2.05) is 6.07 Å². The summed E-state index contributed by atoms with van der Waals surface area (Å²) in [6.07, 6.45) is 3.94. The minimum atomic E-state index is -0.388. The molecule has 0 aliphatic carbocycles. The zero-order valence-electron chi connectivity index (χ0n) is 14.5. The number of carbonyl (C=O) groups excluding carboxylic acids is 2. The Morgan fingerprint density at radius 3 is 2.96 bits per heavy atom. The van der Waals surface area contributed by atoms with Crippen LogP contribution >= 0.6 is 0 Å². The molecule has 6 nitrogen and oxygen atoms in total. The Balaban J connectivity index is 1.64. The number of amides is 2. The second kappa shape index (κ2) is 7.95. The summed E-state index contributed by atoms with van der Waals surface area (Å²) in [5.41, 5.74) is 3.10. The number of carbonyl (C=O) groups is 2. The van der Waals surface area contributed by atoms with E-state index in [0.29, 0.717) is 38.0 Å². The maximum Gasteiger partial charge on any atom is 0.409 e. The van der Waals surface area contributed by atoms with Crippen molar-refractivity contribution in [3.8, 4) is 0 Å². The number of hydrogen-bond acceptors (Lipinski definition) is 4. The largest absolute Gasteiger partial charge is 0.453 e. The summed E-state index contributed by atoms with van der Waals surface area (Å²) in [5, 5.41) is 2.86. The number of aromatic nitrogens is 1. The Bertz CT molecular complexity index is 825. The van der Waals surface area contributed by atoms with Gasteiger partial charge < -0.3 is 15.0 Å². The summed E-state index contributed by atoms with van der Waals surface area (Å²) in [4.78, 5) is 29.9. The molecule has 0 atom stereocenters. The predicted molar refractivity (Wildman–Crippen MR) is 93.2 cm³/mol. The van der Waals surface area contributed by atoms with Gasteiger partial charge in [-0.05, 0) is 41.7 Å². The van der Waals surface area contributed by atoms with Crippen molar-refractivity contribution in [2.45, 2.75) is 19.4 Å². The van der Waals surface area contributed by atoms with Crippen LogP contribution in [0.15, 0.2) is 36.7 Å². The lowest BCUT2D eigenvalue weighted by Crippen LogP contribution is -2.37. The summed E-state index contributed by atoms with van der Waals surface area (Å²) in [6, 6.07) is 6.32. The van der Waals surface area contributed by atoms with Gasteiger partial charge in [-0.25, -0.2) is 9.18 Å². The zero-order chi connectivity index (χ0) is 18.5. The van der Waals surface area contributed by atoms with Crippen LogP contribution in [-0.2, 0) is 24.1 Å². The van der Waals surface area contributed by atoms with Gasteiger partial charge in [0.25, 0.3) is 5.91 Å². The summed E-state index contributed by atoms with van der Waals surface area (Å²) in [7, 11) is 1.35. The standard InChI is InChI=1S/C19H20FN3O3/c1-26-19(25)23-8-6-16-14(12-23)10-21-11-17(16)18(24)22-7-5-13-3-2-4-15(20)9-13/h2-4,9-11H,5-8,12H2,1H3,(H,22,24). The fourth-order valence-corrected chi connectivity index (χ4v) is 3.08. The van der Waals surface area contributed by atoms with Crippen molar-refractivity contribution < 1.29 is 18.7 Å². The Hall–Kier alpha value is -2.96. The van der Waals surface area contributed by atoms with Crippen molar-refractivity contribution in [3.05, 3.63) is 64.7 Å². The van der Waals surface area contributed by atoms with Crippen molar-refractivity contribution in [2.24, 2.45) is 0 Å². The number of nitrogens with zero attached hydrogens (tertiary/aromatic N) is 2. The first kappa shape index (κ1) is 17.8. The first-order valence-corrected chi connectivity index (χ1v) is 8.39. The van der Waals surface area contributed by atoms with E-state index >= 15 is 0 Å². The van der Waals surface area contributed by atoms with Gasteiger partial charge in [0.15, 0.2) is 0 Å². The number of rotatable bonds is 4. The van der Waals surface area contributed by atoms with Gasteiger partial charge in [0.2, 0.25) is 0 Å². The number of hydrogen-bond donors (Lipinski definition) is 1. The quantitative estimate of drug-likeness (QED) is 0.912. The Morgan fingerprint density at radius 2 is 2.19 bits per heavy atom. The Kier molecular flexibility index (Phi) is 5.46. The molecule has 0 bridgehead atoms. The van der Waals surface area contributed by atoms with E-state index in [-0.39, 0.29) is 17.8 Å². The van der Waals surface area contributed by atoms with Crippen molar-refractivity contribution in [3.63, 3.8) is 0 Å². The maximum atomic E-state index is 13.2. The fraction of sp³-hybridized carbons (Fsp3) is 0.316. The van der Waals surface area contributed by atoms with E-state index in [9.17, 15) is 14.0 Å². The fourth-order valence-electron chi connectivity index (χ4n) is 3.08. The molecule has 0 saturated heterocycles. The summed E-state index contributed by atoms with van der Waals surface area (Å²) in [6.45, 7) is 1.27. The molecule has 7 heteroatoms. The Morgan fingerprint density at radius 1 is 1.35 bits per heavy atom. The van der Waals surface area contributed by atoms with Crippen molar-refractivity contribution in [1.29, 1.82) is 0 Å². The molecule has 1 aromatic carbocycles. The van der Waals surface area contributed by atoms with E-state index < -0.39 is 0 Å². The number of pyridine rings is 1. The van der Waals surface area contributed by atoms with Crippen LogP contribution in [0.3, 0.4) is 0 Å². The SMILES string of the molecule is COC(=O)N1CCc2c(cncc2C(=O)NCCc2cccc(F)c2)C1. The maximum absolute atomic E-state index is 13.2. The molecule has 2 heterocycles. The highest BCUT2D eigenvalue weighted by atomic mass is 19.1. The van der Waals surface area contributed by atoms with Crippen LogP contribution in [0.4, 0.5) is 9.18 Å². The molecule has 0 unspecified atom stereocenters. The molecule has 0 fully saturated rings. The van der Waals surface area contributed by atoms with Crippen LogP contribution in [0.2, 0.25) is 0 Å². The monoisotopic (exact) mass is 357 g/mol. The third-order valence-electron chi connectivity index (χ3n) is 4.41. The molecule has 3 rings (SSSR count). The van der Waals surface area contributed by atoms with Gasteiger partial charge in [0, 0.05) is 25.5 Å². The molecule has 2 aromatic rings. The van der Waals surface area contributed by atoms with E-state index in [1.54, 1.807) is 23.4 Å². The third kappa shape index (κ3) is 3.99. The molecular weight excluding hydrogens is 337 g/mol. The Labute approximate surface area is 151 Å². The van der Waals surface area contributed by atoms with Crippen LogP contribution in [0.5, 0.6) is 0 Å². The van der Waals surface area contributed by atoms with Gasteiger partial charge >= 0.3 is 6.09 Å². The van der Waals surface area contributed by atoms with Crippen LogP contribution in [0.25, 0.3) is 0 Å². The number of benzene rings is 1. The number of halogens is 1. The number of fused-ring (bicyclic) bond motifs is 1. The van der Waals surface area contributed by atoms with Gasteiger partial charge in [0.05, 0.1) is 19.2 Å². The van der Waals surface area contributed by atoms with Crippen molar-refractivity contribution in [1.82, 2.24) is 15.2 Å². The third-order valence-corrected chi connectivity index (χ3v) is 4.41. The molecule has 1 aromatic heterocycles. The minimum Gasteiger partial charge on any atom is -0.453 e. The van der Waals surface area contributed by atoms with Crippen LogP contribution < -0.4 is 5.32 Å². The van der Waals surface area contributed by atoms with E-state index in [1.165, 1.54) is 19.2 Å². The molecule has 0 saturated carbocycles. The van der Waals surface area contributed by atoms with E-state index in [2.05, 4.69) is 10.3 Å². The second-order valence-corrected chi connectivity index (χ2v) is 6.10. The van der Waals surface area contributed by atoms with Crippen LogP contribution in [-0.4, -0.2) is 42.1 Å². The normalized spacial score (nSPS) is 13.1. The highest BCUT2D eigenvalue weighted by Crippen LogP contribution is 2.22. The lowest BCUT2D eigenvalue weighted by molar-refractivity contribution is 0.0951. The molecule has 1 N–H and O–H groups in total. The van der Waals surface area contributed by atoms with Gasteiger partial charge in [-0.2, -0.15) is 0 Å². The summed E-state index contributed by atoms with van der Waals surface area (Å²) < 4.78 is 17.9. The molecular formula is C19H20FN3O3. The van der Waals surface area contributed by atoms with Gasteiger partial charge in [-0.3, -0.25) is 9.78 Å². The molecule has 26 heavy (non-hydrogen) atoms. The van der Waals surface area contributed by atoms with Crippen molar-refractivity contribution >= 4 is 12.0 Å². The average molecular weight is 357 g/mol. The highest BCUT2D eigenvalue weighted by Gasteiger charge is 2.25. The lowest BCUT2D eigenvalue weighted by atomic mass is 9.97. The van der Waals surface area contributed by atoms with Crippen LogP contribution in [0, 0.1) is 5.82 Å². The van der Waals surface area contributed by atoms with Crippen LogP contribution in [0.1, 0.15) is 27.0 Å². The molecule has 0 spiro atoms. The second-order valence-electron chi connectivity index (χ2n) is 6.10. The topological polar surface area (TPSA) is 71.5 Å². The smallest absolute Gasteiger partial charge is 0.409 e. The van der Waals surface area contributed by atoms with E-state index in [0.717, 1.165) is 16.7 Å². The number of ether oxygens (including phenoxy) is 1. The summed E-state index contributed by atoms with van der Waals surface area (Å²) in [5.74, 6) is -0.498. The molecule has 1 aliphatic rings. The number of methoxy groups -OCH3 is 1.